The first-order chi connectivity index (χ1) is 14.7. The Morgan fingerprint density at radius 1 is 1.00 bits per heavy atom. The third kappa shape index (κ3) is 3.65. The number of thioether (sulfide) groups is 1. The number of carbonyl (C=O) groups excluding carboxylic acids is 3. The van der Waals surface area contributed by atoms with E-state index < -0.39 is 23.7 Å². The summed E-state index contributed by atoms with van der Waals surface area (Å²) in [5.41, 5.74) is 0.853. The van der Waals surface area contributed by atoms with Gasteiger partial charge in [-0.3, -0.25) is 14.4 Å². The monoisotopic (exact) mass is 447 g/mol. The fourth-order valence-electron chi connectivity index (χ4n) is 3.13. The number of ketones is 2. The van der Waals surface area contributed by atoms with Crippen molar-refractivity contribution < 1.29 is 27.6 Å². The minimum atomic E-state index is -4.78. The number of carbonyl (C=O) groups is 3. The topological polar surface area (TPSA) is 120 Å². The van der Waals surface area contributed by atoms with E-state index in [4.69, 9.17) is 5.84 Å². The quantitative estimate of drug-likeness (QED) is 0.364. The fraction of sp³-hybridized carbons (Fsp3) is 0.105. The molecule has 0 fully saturated rings. The lowest BCUT2D eigenvalue weighted by atomic mass is 9.83. The summed E-state index contributed by atoms with van der Waals surface area (Å²) in [7, 11) is 0. The van der Waals surface area contributed by atoms with Gasteiger partial charge in [0.05, 0.1) is 17.0 Å². The summed E-state index contributed by atoms with van der Waals surface area (Å²) in [6, 6.07) is 10.8. The first kappa shape index (κ1) is 20.6. The van der Waals surface area contributed by atoms with E-state index in [2.05, 4.69) is 15.5 Å². The van der Waals surface area contributed by atoms with Crippen LogP contribution in [0.1, 0.15) is 37.7 Å². The molecule has 0 atom stereocenters. The SMILES string of the molecule is Nn1c(SCC(=O)Nc2cccc3c2C(=O)c2ccccc2C3=O)nnc1C(F)(F)F. The molecule has 3 N–H and O–H groups in total. The number of aromatic nitrogens is 3. The number of benzene rings is 2. The van der Waals surface area contributed by atoms with Gasteiger partial charge in [0.15, 0.2) is 11.6 Å². The minimum absolute atomic E-state index is 0.0610. The van der Waals surface area contributed by atoms with Crippen molar-refractivity contribution in [2.24, 2.45) is 0 Å². The normalized spacial score (nSPS) is 13.0. The molecule has 0 spiro atoms. The summed E-state index contributed by atoms with van der Waals surface area (Å²) in [5.74, 6) is 2.21. The molecule has 158 valence electrons. The van der Waals surface area contributed by atoms with Crippen LogP contribution < -0.4 is 11.2 Å². The van der Waals surface area contributed by atoms with Crippen molar-refractivity contribution in [3.05, 3.63) is 70.5 Å². The van der Waals surface area contributed by atoms with Gasteiger partial charge in [-0.1, -0.05) is 48.2 Å². The fourth-order valence-corrected chi connectivity index (χ4v) is 3.79. The Hall–Kier alpha value is -3.67. The van der Waals surface area contributed by atoms with Crippen LogP contribution in [0.25, 0.3) is 0 Å². The van der Waals surface area contributed by atoms with Crippen LogP contribution >= 0.6 is 11.8 Å². The summed E-state index contributed by atoms with van der Waals surface area (Å²) in [5, 5.41) is 8.52. The molecule has 1 aliphatic carbocycles. The van der Waals surface area contributed by atoms with Gasteiger partial charge in [0, 0.05) is 16.7 Å². The number of nitrogens with one attached hydrogen (secondary N) is 1. The van der Waals surface area contributed by atoms with E-state index in [0.717, 1.165) is 0 Å². The number of hydrogen-bond acceptors (Lipinski definition) is 7. The smallest absolute Gasteiger partial charge is 0.335 e. The van der Waals surface area contributed by atoms with Gasteiger partial charge in [-0.2, -0.15) is 13.2 Å². The third-order valence-electron chi connectivity index (χ3n) is 4.48. The van der Waals surface area contributed by atoms with E-state index >= 15 is 0 Å². The third-order valence-corrected chi connectivity index (χ3v) is 5.42. The lowest BCUT2D eigenvalue weighted by Crippen LogP contribution is -2.24. The lowest BCUT2D eigenvalue weighted by molar-refractivity contribution is -0.146. The van der Waals surface area contributed by atoms with Crippen LogP contribution in [0.2, 0.25) is 0 Å². The molecule has 2 aromatic carbocycles. The number of alkyl halides is 3. The van der Waals surface area contributed by atoms with Crippen LogP contribution in [-0.4, -0.2) is 38.1 Å². The summed E-state index contributed by atoms with van der Waals surface area (Å²) >= 11 is 0.639. The number of anilines is 1. The minimum Gasteiger partial charge on any atom is -0.335 e. The van der Waals surface area contributed by atoms with E-state index in [1.807, 2.05) is 0 Å². The molecule has 1 heterocycles. The van der Waals surface area contributed by atoms with Crippen molar-refractivity contribution in [2.45, 2.75) is 11.3 Å². The van der Waals surface area contributed by atoms with Crippen LogP contribution in [0.5, 0.6) is 0 Å². The average molecular weight is 447 g/mol. The number of nitrogens with zero attached hydrogens (tertiary/aromatic N) is 3. The number of nitrogens with two attached hydrogens (primary N) is 1. The molecule has 31 heavy (non-hydrogen) atoms. The Balaban J connectivity index is 1.54. The van der Waals surface area contributed by atoms with Gasteiger partial charge < -0.3 is 11.2 Å². The van der Waals surface area contributed by atoms with E-state index in [9.17, 15) is 27.6 Å². The highest BCUT2D eigenvalue weighted by atomic mass is 32.2. The Labute approximate surface area is 176 Å². The average Bonchev–Trinajstić information content (AvgIpc) is 3.11. The standard InChI is InChI=1S/C19H12F3N5O3S/c20-19(21,22)17-25-26-18(27(17)23)31-8-13(28)24-12-7-3-6-11-14(12)16(30)10-5-2-1-4-9(10)15(11)29/h1-7H,8,23H2,(H,24,28). The van der Waals surface area contributed by atoms with E-state index in [1.165, 1.54) is 24.3 Å². The van der Waals surface area contributed by atoms with Crippen LogP contribution in [0.15, 0.2) is 47.6 Å². The zero-order valence-corrected chi connectivity index (χ0v) is 16.3. The molecule has 8 nitrogen and oxygen atoms in total. The molecule has 0 saturated heterocycles. The molecule has 1 aromatic heterocycles. The highest BCUT2D eigenvalue weighted by molar-refractivity contribution is 7.99. The molecule has 1 aliphatic rings. The molecule has 4 rings (SSSR count). The van der Waals surface area contributed by atoms with Crippen LogP contribution in [-0.2, 0) is 11.0 Å². The van der Waals surface area contributed by atoms with Gasteiger partial charge in [-0.05, 0) is 6.07 Å². The van der Waals surface area contributed by atoms with Crippen LogP contribution in [0, 0.1) is 0 Å². The molecular weight excluding hydrogens is 435 g/mol. The number of hydrogen-bond donors (Lipinski definition) is 2. The molecule has 0 radical (unpaired) electrons. The second-order valence-electron chi connectivity index (χ2n) is 6.44. The summed E-state index contributed by atoms with van der Waals surface area (Å²) < 4.78 is 38.4. The summed E-state index contributed by atoms with van der Waals surface area (Å²) in [6.45, 7) is 0. The van der Waals surface area contributed by atoms with Crippen molar-refractivity contribution in [3.63, 3.8) is 0 Å². The molecule has 0 aliphatic heterocycles. The van der Waals surface area contributed by atoms with Crippen molar-refractivity contribution >= 4 is 34.9 Å². The zero-order valence-electron chi connectivity index (χ0n) is 15.4. The zero-order chi connectivity index (χ0) is 22.3. The Morgan fingerprint density at radius 3 is 2.29 bits per heavy atom. The van der Waals surface area contributed by atoms with Crippen molar-refractivity contribution in [1.82, 2.24) is 14.9 Å². The first-order valence-electron chi connectivity index (χ1n) is 8.70. The van der Waals surface area contributed by atoms with Crippen molar-refractivity contribution in [3.8, 4) is 0 Å². The van der Waals surface area contributed by atoms with Gasteiger partial charge in [0.1, 0.15) is 0 Å². The van der Waals surface area contributed by atoms with Crippen molar-refractivity contribution in [2.75, 3.05) is 16.9 Å². The highest BCUT2D eigenvalue weighted by Gasteiger charge is 2.38. The van der Waals surface area contributed by atoms with E-state index in [0.29, 0.717) is 11.8 Å². The maximum atomic E-state index is 12.9. The van der Waals surface area contributed by atoms with Crippen molar-refractivity contribution in [1.29, 1.82) is 0 Å². The van der Waals surface area contributed by atoms with Gasteiger partial charge in [-0.25, -0.2) is 4.68 Å². The maximum absolute atomic E-state index is 12.9. The Morgan fingerprint density at radius 2 is 1.65 bits per heavy atom. The predicted molar refractivity (Wildman–Crippen MR) is 104 cm³/mol. The van der Waals surface area contributed by atoms with Crippen LogP contribution in [0.3, 0.4) is 0 Å². The molecule has 0 bridgehead atoms. The molecule has 1 amide bonds. The number of nitrogen functional groups attached to an aromatic ring is 1. The van der Waals surface area contributed by atoms with Gasteiger partial charge in [0.25, 0.3) is 5.82 Å². The highest BCUT2D eigenvalue weighted by Crippen LogP contribution is 2.32. The Kier molecular flexibility index (Phi) is 5.01. The van der Waals surface area contributed by atoms with Gasteiger partial charge >= 0.3 is 6.18 Å². The number of rotatable bonds is 4. The number of fused-ring (bicyclic) bond motifs is 2. The number of amides is 1. The Bertz CT molecular complexity index is 1240. The second kappa shape index (κ2) is 7.54. The van der Waals surface area contributed by atoms with Crippen LogP contribution in [0.4, 0.5) is 18.9 Å². The molecule has 3 aromatic rings. The van der Waals surface area contributed by atoms with Gasteiger partial charge in [-0.15, -0.1) is 10.2 Å². The molecule has 0 saturated carbocycles. The largest absolute Gasteiger partial charge is 0.453 e. The summed E-state index contributed by atoms with van der Waals surface area (Å²) in [4.78, 5) is 38.0. The van der Waals surface area contributed by atoms with Gasteiger partial charge in [0.2, 0.25) is 11.1 Å². The molecule has 12 heteroatoms. The maximum Gasteiger partial charge on any atom is 0.453 e. The van der Waals surface area contributed by atoms with E-state index in [1.54, 1.807) is 18.2 Å². The molecule has 0 unspecified atom stereocenters. The van der Waals surface area contributed by atoms with E-state index in [-0.39, 0.29) is 49.3 Å². The lowest BCUT2D eigenvalue weighted by Gasteiger charge is -2.20. The predicted octanol–water partition coefficient (Wildman–Crippen LogP) is 2.52. The molecular formula is C19H12F3N5O3S. The first-order valence-corrected chi connectivity index (χ1v) is 9.69. The number of halogens is 3. The summed E-state index contributed by atoms with van der Waals surface area (Å²) in [6.07, 6.45) is -4.78. The second-order valence-corrected chi connectivity index (χ2v) is 7.39.